The number of sulfone groups is 1. The maximum atomic E-state index is 14.1. The average Bonchev–Trinajstić information content (AvgIpc) is 3.21. The highest BCUT2D eigenvalue weighted by atomic mass is 35.5. The van der Waals surface area contributed by atoms with E-state index >= 15 is 0 Å². The number of anilines is 1. The molecule has 16 heteroatoms. The van der Waals surface area contributed by atoms with Crippen LogP contribution >= 0.6 is 11.6 Å². The summed E-state index contributed by atoms with van der Waals surface area (Å²) in [6.07, 6.45) is -6.86. The van der Waals surface area contributed by atoms with Gasteiger partial charge in [0.05, 0.1) is 21.6 Å². The molecule has 238 valence electrons. The van der Waals surface area contributed by atoms with Gasteiger partial charge in [-0.25, -0.2) is 27.0 Å². The molecule has 0 radical (unpaired) electrons. The Hall–Kier alpha value is -4.42. The number of amides is 1. The van der Waals surface area contributed by atoms with E-state index in [1.165, 1.54) is 38.1 Å². The fourth-order valence-electron chi connectivity index (χ4n) is 4.41. The molecule has 4 rings (SSSR count). The number of carbonyl (C=O) groups excluding carboxylic acids is 1. The van der Waals surface area contributed by atoms with Gasteiger partial charge in [-0.15, -0.1) is 0 Å². The van der Waals surface area contributed by atoms with Gasteiger partial charge in [-0.1, -0.05) is 23.6 Å². The molecule has 4 aromatic rings. The topological polar surface area (TPSA) is 143 Å². The van der Waals surface area contributed by atoms with E-state index in [1.54, 1.807) is 0 Å². The lowest BCUT2D eigenvalue weighted by Crippen LogP contribution is -2.28. The van der Waals surface area contributed by atoms with Crippen molar-refractivity contribution in [3.8, 4) is 23.0 Å². The van der Waals surface area contributed by atoms with E-state index in [2.05, 4.69) is 21.9 Å². The molecule has 2 aromatic heterocycles. The van der Waals surface area contributed by atoms with Crippen LogP contribution in [0.4, 0.5) is 32.6 Å². The van der Waals surface area contributed by atoms with Gasteiger partial charge in [-0.3, -0.25) is 4.68 Å². The molecule has 0 spiro atoms. The van der Waals surface area contributed by atoms with Crippen molar-refractivity contribution in [3.63, 3.8) is 0 Å². The van der Waals surface area contributed by atoms with Crippen LogP contribution in [0, 0.1) is 23.5 Å². The first-order valence-electron chi connectivity index (χ1n) is 12.9. The molecule has 4 N–H and O–H groups in total. The van der Waals surface area contributed by atoms with Crippen molar-refractivity contribution >= 4 is 44.3 Å². The Morgan fingerprint density at radius 2 is 1.71 bits per heavy atom. The van der Waals surface area contributed by atoms with E-state index in [4.69, 9.17) is 27.8 Å². The number of aromatic nitrogens is 3. The van der Waals surface area contributed by atoms with Crippen molar-refractivity contribution in [3.05, 3.63) is 76.1 Å². The predicted octanol–water partition coefficient (Wildman–Crippen LogP) is 5.73. The van der Waals surface area contributed by atoms with Crippen LogP contribution in [0.5, 0.6) is 0 Å². The predicted molar refractivity (Wildman–Crippen MR) is 158 cm³/mol. The van der Waals surface area contributed by atoms with Gasteiger partial charge in [-0.05, 0) is 55.7 Å². The standard InChI is InChI=1S/C29H25ClF5N5O4S/c1-28(2,45(3,42)43)9-8-18-4-5-19(20-6-7-21(30)23-25(20)40(39-26(23)36)14-29(33,34)35)24(38-18)22(44-27(37)41)12-15-10-16(31)13-17(32)11-15/h4-7,10-11,13,22H,12,14H2,1-3H3,(H2,36,39)(H2,37,41). The molecule has 0 fully saturated rings. The number of halogens is 6. The first kappa shape index (κ1) is 33.5. The fraction of sp³-hybridized carbons (Fsp3) is 0.276. The van der Waals surface area contributed by atoms with Crippen molar-refractivity contribution in [2.24, 2.45) is 5.73 Å². The number of ether oxygens (including phenoxy) is 1. The van der Waals surface area contributed by atoms with Crippen molar-refractivity contribution in [2.75, 3.05) is 12.0 Å². The second-order valence-corrected chi connectivity index (χ2v) is 13.5. The van der Waals surface area contributed by atoms with Crippen molar-refractivity contribution in [1.29, 1.82) is 0 Å². The summed E-state index contributed by atoms with van der Waals surface area (Å²) in [5, 5.41) is 3.83. The molecule has 0 aliphatic heterocycles. The summed E-state index contributed by atoms with van der Waals surface area (Å²) in [6.45, 7) is 1.21. The highest BCUT2D eigenvalue weighted by molar-refractivity contribution is 7.92. The van der Waals surface area contributed by atoms with Gasteiger partial charge in [0, 0.05) is 29.9 Å². The summed E-state index contributed by atoms with van der Waals surface area (Å²) in [6, 6.07) is 8.10. The van der Waals surface area contributed by atoms with Crippen LogP contribution in [-0.4, -0.2) is 46.5 Å². The lowest BCUT2D eigenvalue weighted by molar-refractivity contribution is -0.141. The molecule has 0 saturated heterocycles. The zero-order valence-electron chi connectivity index (χ0n) is 23.8. The van der Waals surface area contributed by atoms with Gasteiger partial charge < -0.3 is 16.2 Å². The Kier molecular flexibility index (Phi) is 9.05. The van der Waals surface area contributed by atoms with E-state index in [-0.39, 0.29) is 56.2 Å². The third-order valence-electron chi connectivity index (χ3n) is 6.74. The minimum atomic E-state index is -4.71. The Labute approximate surface area is 259 Å². The van der Waals surface area contributed by atoms with Crippen molar-refractivity contribution in [1.82, 2.24) is 14.8 Å². The molecule has 1 amide bonds. The first-order chi connectivity index (χ1) is 20.8. The number of pyridine rings is 1. The fourth-order valence-corrected chi connectivity index (χ4v) is 4.90. The van der Waals surface area contributed by atoms with Gasteiger partial charge in [0.25, 0.3) is 0 Å². The lowest BCUT2D eigenvalue weighted by atomic mass is 9.95. The summed E-state index contributed by atoms with van der Waals surface area (Å²) in [5.74, 6) is 3.13. The van der Waals surface area contributed by atoms with Crippen molar-refractivity contribution in [2.45, 2.75) is 43.8 Å². The maximum absolute atomic E-state index is 14.1. The number of nitrogens with zero attached hydrogens (tertiary/aromatic N) is 3. The molecule has 0 aliphatic carbocycles. The van der Waals surface area contributed by atoms with Crippen LogP contribution in [0.1, 0.15) is 36.9 Å². The normalized spacial score (nSPS) is 12.9. The van der Waals surface area contributed by atoms with Gasteiger partial charge in [-0.2, -0.15) is 18.3 Å². The number of nitrogen functional groups attached to an aromatic ring is 1. The Morgan fingerprint density at radius 3 is 2.29 bits per heavy atom. The second-order valence-electron chi connectivity index (χ2n) is 10.5. The zero-order chi connectivity index (χ0) is 33.5. The van der Waals surface area contributed by atoms with E-state index < -0.39 is 51.1 Å². The monoisotopic (exact) mass is 669 g/mol. The minimum Gasteiger partial charge on any atom is -0.439 e. The van der Waals surface area contributed by atoms with Crippen molar-refractivity contribution < 1.29 is 39.9 Å². The first-order valence-corrected chi connectivity index (χ1v) is 15.2. The molecule has 45 heavy (non-hydrogen) atoms. The van der Waals surface area contributed by atoms with Crippen LogP contribution in [0.15, 0.2) is 42.5 Å². The van der Waals surface area contributed by atoms with E-state index in [0.717, 1.165) is 18.4 Å². The summed E-state index contributed by atoms with van der Waals surface area (Å²) in [5.41, 5.74) is 11.2. The van der Waals surface area contributed by atoms with E-state index in [9.17, 15) is 35.2 Å². The number of benzene rings is 2. The molecule has 0 aliphatic rings. The molecule has 2 aromatic carbocycles. The molecule has 2 heterocycles. The second kappa shape index (κ2) is 12.2. The zero-order valence-corrected chi connectivity index (χ0v) is 25.4. The van der Waals surface area contributed by atoms with Gasteiger partial charge in [0.1, 0.15) is 28.6 Å². The Bertz CT molecular complexity index is 1960. The number of hydrogen-bond donors (Lipinski definition) is 2. The highest BCUT2D eigenvalue weighted by Crippen LogP contribution is 2.40. The Balaban J connectivity index is 2.04. The summed E-state index contributed by atoms with van der Waals surface area (Å²) < 4.78 is 97.6. The van der Waals surface area contributed by atoms with E-state index in [0.29, 0.717) is 10.7 Å². The van der Waals surface area contributed by atoms with Crippen LogP contribution in [-0.2, 0) is 27.5 Å². The van der Waals surface area contributed by atoms with Gasteiger partial charge in [0.2, 0.25) is 0 Å². The number of alkyl halides is 3. The van der Waals surface area contributed by atoms with Crippen LogP contribution in [0.2, 0.25) is 5.02 Å². The van der Waals surface area contributed by atoms with E-state index in [1.807, 2.05) is 0 Å². The van der Waals surface area contributed by atoms with Gasteiger partial charge >= 0.3 is 12.3 Å². The summed E-state index contributed by atoms with van der Waals surface area (Å²) in [7, 11) is -3.64. The third kappa shape index (κ3) is 7.63. The number of primary amides is 1. The quantitative estimate of drug-likeness (QED) is 0.189. The third-order valence-corrected chi connectivity index (χ3v) is 9.01. The highest BCUT2D eigenvalue weighted by Gasteiger charge is 2.32. The molecule has 1 atom stereocenters. The minimum absolute atomic E-state index is 0.000140. The molecule has 9 nitrogen and oxygen atoms in total. The molecular weight excluding hydrogens is 645 g/mol. The molecule has 1 unspecified atom stereocenters. The number of hydrogen-bond acceptors (Lipinski definition) is 7. The maximum Gasteiger partial charge on any atom is 0.408 e. The summed E-state index contributed by atoms with van der Waals surface area (Å²) >= 11 is 6.31. The largest absolute Gasteiger partial charge is 0.439 e. The van der Waals surface area contributed by atoms with Crippen LogP contribution in [0.25, 0.3) is 22.0 Å². The molecule has 0 saturated carbocycles. The summed E-state index contributed by atoms with van der Waals surface area (Å²) in [4.78, 5) is 16.5. The lowest BCUT2D eigenvalue weighted by Gasteiger charge is -2.21. The number of carbonyl (C=O) groups is 1. The molecule has 0 bridgehead atoms. The van der Waals surface area contributed by atoms with Crippen LogP contribution in [0.3, 0.4) is 0 Å². The number of fused-ring (bicyclic) bond motifs is 1. The average molecular weight is 670 g/mol. The number of rotatable bonds is 7. The Morgan fingerprint density at radius 1 is 1.09 bits per heavy atom. The molecular formula is C29H25ClF5N5O4S. The van der Waals surface area contributed by atoms with Crippen LogP contribution < -0.4 is 11.5 Å². The SMILES string of the molecule is CC(C)(C#Cc1ccc(-c2ccc(Cl)c3c(N)nn(CC(F)(F)F)c23)c(C(Cc2cc(F)cc(F)c2)OC(N)=O)n1)S(C)(=O)=O. The number of nitrogens with two attached hydrogens (primary N) is 2. The van der Waals surface area contributed by atoms with Gasteiger partial charge in [0.15, 0.2) is 21.8 Å². The smallest absolute Gasteiger partial charge is 0.408 e.